The van der Waals surface area contributed by atoms with E-state index in [0.29, 0.717) is 12.2 Å². The number of halogens is 2. The molecule has 0 spiro atoms. The van der Waals surface area contributed by atoms with Crippen LogP contribution in [-0.4, -0.2) is 6.43 Å². The summed E-state index contributed by atoms with van der Waals surface area (Å²) in [6.45, 7) is 1.89. The highest BCUT2D eigenvalue weighted by Gasteiger charge is 2.20. The Morgan fingerprint density at radius 3 is 2.58 bits per heavy atom. The Hall–Kier alpha value is -0.900. The van der Waals surface area contributed by atoms with Crippen molar-refractivity contribution in [2.24, 2.45) is 5.73 Å². The zero-order valence-corrected chi connectivity index (χ0v) is 6.76. The molecular weight excluding hydrogens is 164 g/mol. The molecule has 1 atom stereocenters. The number of nitrogens with two attached hydrogens (primary N) is 1. The standard InChI is InChI=1S/C8H11F2NO/c1-2-5-3-4-6(12-5)7(11)8(9)10/h3-4,7-8H,2,11H2,1H3/t7-/m0/s1. The molecule has 1 aromatic rings. The third kappa shape index (κ3) is 1.82. The minimum Gasteiger partial charge on any atom is -0.464 e. The lowest BCUT2D eigenvalue weighted by Crippen LogP contribution is -2.17. The van der Waals surface area contributed by atoms with Crippen LogP contribution >= 0.6 is 0 Å². The lowest BCUT2D eigenvalue weighted by Gasteiger charge is -2.05. The van der Waals surface area contributed by atoms with Crippen LogP contribution in [0.5, 0.6) is 0 Å². The molecular formula is C8H11F2NO. The lowest BCUT2D eigenvalue weighted by atomic mass is 10.2. The van der Waals surface area contributed by atoms with Gasteiger partial charge in [-0.3, -0.25) is 0 Å². The molecule has 0 unspecified atom stereocenters. The van der Waals surface area contributed by atoms with Crippen molar-refractivity contribution in [1.29, 1.82) is 0 Å². The van der Waals surface area contributed by atoms with E-state index in [4.69, 9.17) is 10.2 Å². The number of alkyl halides is 2. The van der Waals surface area contributed by atoms with Gasteiger partial charge in [-0.1, -0.05) is 6.92 Å². The summed E-state index contributed by atoms with van der Waals surface area (Å²) < 4.78 is 29.1. The van der Waals surface area contributed by atoms with Gasteiger partial charge in [0.05, 0.1) is 0 Å². The summed E-state index contributed by atoms with van der Waals surface area (Å²) in [4.78, 5) is 0. The summed E-state index contributed by atoms with van der Waals surface area (Å²) in [6.07, 6.45) is -1.88. The molecule has 0 radical (unpaired) electrons. The van der Waals surface area contributed by atoms with E-state index in [1.165, 1.54) is 6.07 Å². The van der Waals surface area contributed by atoms with Gasteiger partial charge in [-0.2, -0.15) is 0 Å². The maximum Gasteiger partial charge on any atom is 0.260 e. The van der Waals surface area contributed by atoms with Crippen molar-refractivity contribution in [1.82, 2.24) is 0 Å². The molecule has 0 aliphatic rings. The van der Waals surface area contributed by atoms with Crippen LogP contribution in [-0.2, 0) is 6.42 Å². The van der Waals surface area contributed by atoms with Crippen LogP contribution in [0.4, 0.5) is 8.78 Å². The minimum absolute atomic E-state index is 0.154. The zero-order chi connectivity index (χ0) is 9.14. The minimum atomic E-state index is -2.57. The zero-order valence-electron chi connectivity index (χ0n) is 6.76. The van der Waals surface area contributed by atoms with Crippen molar-refractivity contribution in [3.63, 3.8) is 0 Å². The Kier molecular flexibility index (Phi) is 2.81. The van der Waals surface area contributed by atoms with Crippen molar-refractivity contribution in [3.8, 4) is 0 Å². The van der Waals surface area contributed by atoms with Crippen LogP contribution in [0, 0.1) is 0 Å². The van der Waals surface area contributed by atoms with Crippen molar-refractivity contribution in [3.05, 3.63) is 23.7 Å². The van der Waals surface area contributed by atoms with E-state index in [-0.39, 0.29) is 5.76 Å². The monoisotopic (exact) mass is 175 g/mol. The van der Waals surface area contributed by atoms with E-state index in [2.05, 4.69) is 0 Å². The predicted octanol–water partition coefficient (Wildman–Crippen LogP) is 2.11. The van der Waals surface area contributed by atoms with Crippen molar-refractivity contribution in [2.45, 2.75) is 25.8 Å². The topological polar surface area (TPSA) is 39.2 Å². The molecule has 4 heteroatoms. The van der Waals surface area contributed by atoms with Crippen LogP contribution in [0.3, 0.4) is 0 Å². The third-order valence-corrected chi connectivity index (χ3v) is 1.63. The van der Waals surface area contributed by atoms with Crippen LogP contribution in [0.25, 0.3) is 0 Å². The molecule has 1 heterocycles. The summed E-state index contributed by atoms with van der Waals surface area (Å²) in [5, 5.41) is 0. The van der Waals surface area contributed by atoms with Gasteiger partial charge in [-0.25, -0.2) is 8.78 Å². The first-order valence-electron chi connectivity index (χ1n) is 3.77. The highest BCUT2D eigenvalue weighted by molar-refractivity contribution is 5.10. The average Bonchev–Trinajstić information content (AvgIpc) is 2.50. The molecule has 2 nitrogen and oxygen atoms in total. The van der Waals surface area contributed by atoms with E-state index < -0.39 is 12.5 Å². The first kappa shape index (κ1) is 9.19. The molecule has 0 amide bonds. The molecule has 0 aromatic carbocycles. The number of furan rings is 1. The molecule has 0 aliphatic heterocycles. The predicted molar refractivity (Wildman–Crippen MR) is 41.0 cm³/mol. The summed E-state index contributed by atoms with van der Waals surface area (Å²) in [5.41, 5.74) is 5.16. The van der Waals surface area contributed by atoms with Crippen LogP contribution < -0.4 is 5.73 Å². The Morgan fingerprint density at radius 1 is 1.50 bits per heavy atom. The summed E-state index contributed by atoms with van der Waals surface area (Å²) in [7, 11) is 0. The van der Waals surface area contributed by atoms with Gasteiger partial charge < -0.3 is 10.2 Å². The van der Waals surface area contributed by atoms with Gasteiger partial charge in [0.1, 0.15) is 17.6 Å². The first-order chi connectivity index (χ1) is 5.65. The summed E-state index contributed by atoms with van der Waals surface area (Å²) in [6, 6.07) is 1.86. The molecule has 0 saturated carbocycles. The van der Waals surface area contributed by atoms with Crippen molar-refractivity contribution < 1.29 is 13.2 Å². The van der Waals surface area contributed by atoms with E-state index >= 15 is 0 Å². The van der Waals surface area contributed by atoms with Crippen molar-refractivity contribution in [2.75, 3.05) is 0 Å². The highest BCUT2D eigenvalue weighted by atomic mass is 19.3. The normalized spacial score (nSPS) is 13.8. The number of hydrogen-bond acceptors (Lipinski definition) is 2. The van der Waals surface area contributed by atoms with Crippen LogP contribution in [0.1, 0.15) is 24.5 Å². The molecule has 2 N–H and O–H groups in total. The van der Waals surface area contributed by atoms with Crippen molar-refractivity contribution >= 4 is 0 Å². The average molecular weight is 175 g/mol. The SMILES string of the molecule is CCc1ccc([C@H](N)C(F)F)o1. The largest absolute Gasteiger partial charge is 0.464 e. The van der Waals surface area contributed by atoms with E-state index in [1.807, 2.05) is 6.92 Å². The summed E-state index contributed by atoms with van der Waals surface area (Å²) >= 11 is 0. The van der Waals surface area contributed by atoms with Crippen LogP contribution in [0.2, 0.25) is 0 Å². The Labute approximate surface area is 69.4 Å². The molecule has 68 valence electrons. The van der Waals surface area contributed by atoms with E-state index in [1.54, 1.807) is 6.07 Å². The second kappa shape index (κ2) is 3.67. The molecule has 1 rings (SSSR count). The highest BCUT2D eigenvalue weighted by Crippen LogP contribution is 2.20. The second-order valence-electron chi connectivity index (χ2n) is 2.52. The van der Waals surface area contributed by atoms with Crippen LogP contribution in [0.15, 0.2) is 16.5 Å². The maximum absolute atomic E-state index is 12.0. The number of hydrogen-bond donors (Lipinski definition) is 1. The van der Waals surface area contributed by atoms with Gasteiger partial charge in [-0.15, -0.1) is 0 Å². The molecule has 12 heavy (non-hydrogen) atoms. The first-order valence-corrected chi connectivity index (χ1v) is 3.77. The summed E-state index contributed by atoms with van der Waals surface area (Å²) in [5.74, 6) is 0.836. The van der Waals surface area contributed by atoms with Gasteiger partial charge in [-0.05, 0) is 12.1 Å². The smallest absolute Gasteiger partial charge is 0.260 e. The van der Waals surface area contributed by atoms with Gasteiger partial charge in [0.2, 0.25) is 0 Å². The second-order valence-corrected chi connectivity index (χ2v) is 2.52. The third-order valence-electron chi connectivity index (χ3n) is 1.63. The van der Waals surface area contributed by atoms with Gasteiger partial charge in [0.25, 0.3) is 6.43 Å². The van der Waals surface area contributed by atoms with Gasteiger partial charge in [0.15, 0.2) is 0 Å². The fraction of sp³-hybridized carbons (Fsp3) is 0.500. The molecule has 0 bridgehead atoms. The molecule has 0 aliphatic carbocycles. The Balaban J connectivity index is 2.74. The lowest BCUT2D eigenvalue weighted by molar-refractivity contribution is 0.106. The molecule has 0 saturated heterocycles. The Morgan fingerprint density at radius 2 is 2.17 bits per heavy atom. The van der Waals surface area contributed by atoms with E-state index in [9.17, 15) is 8.78 Å². The number of aryl methyl sites for hydroxylation is 1. The van der Waals surface area contributed by atoms with Gasteiger partial charge in [0, 0.05) is 6.42 Å². The molecule has 1 aromatic heterocycles. The van der Waals surface area contributed by atoms with E-state index in [0.717, 1.165) is 0 Å². The fourth-order valence-corrected chi connectivity index (χ4v) is 0.888. The number of rotatable bonds is 3. The maximum atomic E-state index is 12.0. The molecule has 0 fully saturated rings. The quantitative estimate of drug-likeness (QED) is 0.764. The fourth-order valence-electron chi connectivity index (χ4n) is 0.888. The van der Waals surface area contributed by atoms with Gasteiger partial charge >= 0.3 is 0 Å². The Bertz CT molecular complexity index is 247.